The van der Waals surface area contributed by atoms with Crippen molar-refractivity contribution in [2.45, 2.75) is 128 Å². The highest BCUT2D eigenvalue weighted by atomic mass is 16.5. The summed E-state index contributed by atoms with van der Waals surface area (Å²) >= 11 is 0. The highest BCUT2D eigenvalue weighted by Gasteiger charge is 2.41. The normalized spacial score (nSPS) is 22.4. The van der Waals surface area contributed by atoms with Crippen LogP contribution in [-0.4, -0.2) is 73.2 Å². The maximum Gasteiger partial charge on any atom is 0.315 e. The molecule has 9 nitrogen and oxygen atoms in total. The molecule has 2 atom stereocenters. The molecule has 45 heavy (non-hydrogen) atoms. The van der Waals surface area contributed by atoms with Gasteiger partial charge >= 0.3 is 6.03 Å². The minimum atomic E-state index is -0.116. The lowest BCUT2D eigenvalue weighted by Crippen LogP contribution is -2.49. The van der Waals surface area contributed by atoms with Crippen LogP contribution in [0.1, 0.15) is 126 Å². The molecule has 5 rings (SSSR count). The van der Waals surface area contributed by atoms with Crippen LogP contribution < -0.4 is 20.9 Å². The third-order valence-corrected chi connectivity index (χ3v) is 10.1. The number of nitrogens with zero attached hydrogens (tertiary/aromatic N) is 4. The molecule has 250 valence electrons. The number of anilines is 1. The molecular weight excluding hydrogens is 562 g/mol. The first-order chi connectivity index (χ1) is 21.9. The van der Waals surface area contributed by atoms with E-state index in [9.17, 15) is 4.79 Å². The Balaban J connectivity index is 1.50. The Morgan fingerprint density at radius 1 is 1.02 bits per heavy atom. The summed E-state index contributed by atoms with van der Waals surface area (Å²) in [5.41, 5.74) is 3.83. The summed E-state index contributed by atoms with van der Waals surface area (Å²) < 4.78 is 7.75. The number of carbonyl (C=O) groups is 1. The first-order valence-corrected chi connectivity index (χ1v) is 17.9. The number of hydrogen-bond donors (Lipinski definition) is 3. The number of urea groups is 1. The van der Waals surface area contributed by atoms with Crippen LogP contribution in [0.2, 0.25) is 0 Å². The first-order valence-electron chi connectivity index (χ1n) is 17.9. The van der Waals surface area contributed by atoms with Crippen molar-refractivity contribution in [2.24, 2.45) is 0 Å². The Morgan fingerprint density at radius 3 is 2.42 bits per heavy atom. The number of carbonyl (C=O) groups excluding carboxylic acids is 1. The fourth-order valence-corrected chi connectivity index (χ4v) is 7.62. The smallest absolute Gasteiger partial charge is 0.315 e. The Hall–Kier alpha value is -2.62. The molecule has 1 aromatic heterocycles. The van der Waals surface area contributed by atoms with Gasteiger partial charge in [-0.25, -0.2) is 9.48 Å². The lowest BCUT2D eigenvalue weighted by atomic mass is 9.86. The summed E-state index contributed by atoms with van der Waals surface area (Å²) in [5.74, 6) is 1.20. The average Bonchev–Trinajstić information content (AvgIpc) is 3.49. The molecule has 0 radical (unpaired) electrons. The van der Waals surface area contributed by atoms with Crippen LogP contribution >= 0.6 is 0 Å². The van der Waals surface area contributed by atoms with Crippen LogP contribution in [0, 0.1) is 0 Å². The number of rotatable bonds is 10. The second-order valence-electron chi connectivity index (χ2n) is 14.0. The lowest BCUT2D eigenvalue weighted by molar-refractivity contribution is 0.0799. The van der Waals surface area contributed by atoms with E-state index < -0.39 is 0 Å². The molecule has 3 heterocycles. The van der Waals surface area contributed by atoms with Gasteiger partial charge in [0, 0.05) is 56.5 Å². The van der Waals surface area contributed by atoms with Crippen LogP contribution in [0.3, 0.4) is 0 Å². The minimum Gasteiger partial charge on any atom is -0.381 e. The summed E-state index contributed by atoms with van der Waals surface area (Å²) in [4.78, 5) is 18.6. The molecule has 2 unspecified atom stereocenters. The number of amides is 2. The second kappa shape index (κ2) is 16.8. The molecule has 9 heteroatoms. The maximum atomic E-state index is 13.5. The van der Waals surface area contributed by atoms with Gasteiger partial charge < -0.3 is 30.5 Å². The zero-order chi connectivity index (χ0) is 31.6. The molecule has 1 aliphatic carbocycles. The summed E-state index contributed by atoms with van der Waals surface area (Å²) in [5, 5.41) is 14.9. The third kappa shape index (κ3) is 9.01. The molecule has 1 saturated heterocycles. The zero-order valence-electron chi connectivity index (χ0n) is 28.4. The van der Waals surface area contributed by atoms with Gasteiger partial charge in [-0.15, -0.1) is 0 Å². The Kier molecular flexibility index (Phi) is 12.6. The van der Waals surface area contributed by atoms with E-state index in [0.717, 1.165) is 44.5 Å². The van der Waals surface area contributed by atoms with E-state index >= 15 is 0 Å². The molecule has 0 spiro atoms. The summed E-state index contributed by atoms with van der Waals surface area (Å²) in [7, 11) is 4.21. The van der Waals surface area contributed by atoms with E-state index in [1.54, 1.807) is 0 Å². The van der Waals surface area contributed by atoms with Crippen LogP contribution in [0.15, 0.2) is 30.5 Å². The largest absolute Gasteiger partial charge is 0.381 e. The Morgan fingerprint density at radius 2 is 1.73 bits per heavy atom. The highest BCUT2D eigenvalue weighted by molar-refractivity contribution is 5.75. The van der Waals surface area contributed by atoms with Crippen molar-refractivity contribution in [2.75, 3.05) is 45.3 Å². The molecule has 1 aromatic carbocycles. The van der Waals surface area contributed by atoms with Crippen molar-refractivity contribution in [3.8, 4) is 0 Å². The van der Waals surface area contributed by atoms with Gasteiger partial charge in [0.15, 0.2) is 0 Å². The van der Waals surface area contributed by atoms with Crippen molar-refractivity contribution >= 4 is 11.8 Å². The van der Waals surface area contributed by atoms with E-state index in [2.05, 4.69) is 75.6 Å². The van der Waals surface area contributed by atoms with Gasteiger partial charge in [0.1, 0.15) is 5.82 Å². The number of ether oxygens (including phenoxy) is 1. The summed E-state index contributed by atoms with van der Waals surface area (Å²) in [6, 6.07) is 10.0. The van der Waals surface area contributed by atoms with Gasteiger partial charge in [-0.05, 0) is 71.2 Å². The Bertz CT molecular complexity index is 1180. The lowest BCUT2D eigenvalue weighted by Gasteiger charge is -2.46. The molecule has 1 saturated carbocycles. The van der Waals surface area contributed by atoms with Gasteiger partial charge in [0.25, 0.3) is 0 Å². The third-order valence-electron chi connectivity index (χ3n) is 10.1. The molecule has 3 aliphatic rings. The first kappa shape index (κ1) is 33.7. The van der Waals surface area contributed by atoms with Crippen molar-refractivity contribution in [1.82, 2.24) is 30.6 Å². The summed E-state index contributed by atoms with van der Waals surface area (Å²) in [6.45, 7) is 8.75. The second-order valence-corrected chi connectivity index (χ2v) is 14.0. The zero-order valence-corrected chi connectivity index (χ0v) is 28.4. The van der Waals surface area contributed by atoms with E-state index in [0.29, 0.717) is 19.3 Å². The molecule has 0 bridgehead atoms. The fourth-order valence-electron chi connectivity index (χ4n) is 7.62. The molecule has 2 aromatic rings. The molecule has 2 aliphatic heterocycles. The van der Waals surface area contributed by atoms with E-state index in [1.807, 2.05) is 13.2 Å². The monoisotopic (exact) mass is 621 g/mol. The topological polar surface area (TPSA) is 86.7 Å². The minimum absolute atomic E-state index is 0.0825. The fraction of sp³-hybridized carbons (Fsp3) is 0.722. The van der Waals surface area contributed by atoms with Crippen molar-refractivity contribution < 1.29 is 9.53 Å². The number of hydrogen-bond acceptors (Lipinski definition) is 6. The van der Waals surface area contributed by atoms with Crippen LogP contribution in [0.4, 0.5) is 10.6 Å². The van der Waals surface area contributed by atoms with Gasteiger partial charge in [-0.3, -0.25) is 0 Å². The molecule has 3 N–H and O–H groups in total. The molecule has 2 fully saturated rings. The maximum absolute atomic E-state index is 13.5. The van der Waals surface area contributed by atoms with Crippen molar-refractivity contribution in [3.63, 3.8) is 0 Å². The number of likely N-dealkylation sites (N-methyl/N-ethyl adjacent to an activating group) is 2. The van der Waals surface area contributed by atoms with Gasteiger partial charge in [0.2, 0.25) is 0 Å². The van der Waals surface area contributed by atoms with Gasteiger partial charge in [-0.2, -0.15) is 5.10 Å². The Labute approximate surface area is 271 Å². The number of aromatic nitrogens is 2. The SMILES string of the molecule is CNCCN(C)Cc1cccc(C2CC(NC(=O)NC3CCOCC3)c3cnn(C(C)C)c3N2C2CCCCCCCCC2)c1. The van der Waals surface area contributed by atoms with Crippen molar-refractivity contribution in [1.29, 1.82) is 0 Å². The number of fused-ring (bicyclic) bond motifs is 1. The predicted octanol–water partition coefficient (Wildman–Crippen LogP) is 6.48. The van der Waals surface area contributed by atoms with Crippen LogP contribution in [0.5, 0.6) is 0 Å². The van der Waals surface area contributed by atoms with Gasteiger partial charge in [0.05, 0.1) is 18.3 Å². The van der Waals surface area contributed by atoms with E-state index in [1.165, 1.54) is 74.7 Å². The number of nitrogens with one attached hydrogen (secondary N) is 3. The van der Waals surface area contributed by atoms with E-state index in [-0.39, 0.29) is 30.2 Å². The standard InChI is InChI=1S/C36H59N7O2/c1-27(2)43-35-32(25-38-43)33(40-36(44)39-30-17-21-45-22-18-30)24-34(42(35)31-15-10-8-6-5-7-9-11-16-31)29-14-12-13-28(23-29)26-41(4)20-19-37-3/h12-14,23,25,27,30-31,33-34,37H,5-11,15-22,24,26H2,1-4H3,(H2,39,40,44). The molecular formula is C36H59N7O2. The highest BCUT2D eigenvalue weighted by Crippen LogP contribution is 2.47. The van der Waals surface area contributed by atoms with Crippen LogP contribution in [-0.2, 0) is 11.3 Å². The van der Waals surface area contributed by atoms with Gasteiger partial charge in [-0.1, -0.05) is 69.2 Å². The number of benzene rings is 1. The predicted molar refractivity (Wildman–Crippen MR) is 183 cm³/mol. The van der Waals surface area contributed by atoms with E-state index in [4.69, 9.17) is 9.84 Å². The van der Waals surface area contributed by atoms with Crippen LogP contribution in [0.25, 0.3) is 0 Å². The summed E-state index contributed by atoms with van der Waals surface area (Å²) in [6.07, 6.45) is 16.2. The average molecular weight is 622 g/mol. The van der Waals surface area contributed by atoms with Crippen molar-refractivity contribution in [3.05, 3.63) is 47.2 Å². The molecule has 2 amide bonds. The quantitative estimate of drug-likeness (QED) is 0.282.